The van der Waals surface area contributed by atoms with Crippen LogP contribution < -0.4 is 5.32 Å². The maximum atomic E-state index is 13.0. The average Bonchev–Trinajstić information content (AvgIpc) is 3.14. The molecule has 0 spiro atoms. The zero-order valence-corrected chi connectivity index (χ0v) is 18.3. The first kappa shape index (κ1) is 21.8. The Morgan fingerprint density at radius 1 is 1.28 bits per heavy atom. The first-order valence-electron chi connectivity index (χ1n) is 10.8. The molecule has 1 aromatic heterocycles. The van der Waals surface area contributed by atoms with E-state index in [9.17, 15) is 14.7 Å². The number of carboxylic acid groups (broad SMARTS) is 1. The highest BCUT2D eigenvalue weighted by Gasteiger charge is 2.41. The van der Waals surface area contributed by atoms with Gasteiger partial charge in [-0.05, 0) is 56.2 Å². The van der Waals surface area contributed by atoms with Crippen molar-refractivity contribution in [3.63, 3.8) is 0 Å². The molecule has 29 heavy (non-hydrogen) atoms. The lowest BCUT2D eigenvalue weighted by molar-refractivity contribution is -0.144. The summed E-state index contributed by atoms with van der Waals surface area (Å²) in [6.45, 7) is 4.46. The van der Waals surface area contributed by atoms with Gasteiger partial charge < -0.3 is 10.4 Å². The molecular weight excluding hydrogens is 384 g/mol. The van der Waals surface area contributed by atoms with Crippen molar-refractivity contribution < 1.29 is 14.7 Å². The van der Waals surface area contributed by atoms with Crippen LogP contribution in [0.4, 0.5) is 0 Å². The molecule has 1 aromatic carbocycles. The summed E-state index contributed by atoms with van der Waals surface area (Å²) in [5.41, 5.74) is 1.83. The maximum absolute atomic E-state index is 13.0. The van der Waals surface area contributed by atoms with Crippen molar-refractivity contribution in [2.75, 3.05) is 6.54 Å². The van der Waals surface area contributed by atoms with Crippen molar-refractivity contribution in [2.24, 2.45) is 11.3 Å². The lowest BCUT2D eigenvalue weighted by Gasteiger charge is -2.37. The van der Waals surface area contributed by atoms with Crippen LogP contribution in [-0.2, 0) is 22.4 Å². The van der Waals surface area contributed by atoms with Crippen molar-refractivity contribution >= 4 is 33.4 Å². The van der Waals surface area contributed by atoms with Crippen molar-refractivity contribution in [1.29, 1.82) is 0 Å². The summed E-state index contributed by atoms with van der Waals surface area (Å²) in [5, 5.41) is 13.6. The first-order valence-corrected chi connectivity index (χ1v) is 11.6. The van der Waals surface area contributed by atoms with Crippen LogP contribution in [0.25, 0.3) is 10.2 Å². The van der Waals surface area contributed by atoms with Crippen LogP contribution in [0.2, 0.25) is 0 Å². The number of aliphatic carboxylic acids is 1. The van der Waals surface area contributed by atoms with Crippen molar-refractivity contribution in [2.45, 2.75) is 71.6 Å². The van der Waals surface area contributed by atoms with E-state index in [1.165, 1.54) is 10.3 Å². The quantitative estimate of drug-likeness (QED) is 0.566. The molecule has 0 bridgehead atoms. The third-order valence-electron chi connectivity index (χ3n) is 6.14. The number of nitrogens with zero attached hydrogens (tertiary/aromatic N) is 1. The minimum Gasteiger partial charge on any atom is -0.481 e. The molecule has 1 fully saturated rings. The van der Waals surface area contributed by atoms with E-state index in [0.717, 1.165) is 61.9 Å². The van der Waals surface area contributed by atoms with Gasteiger partial charge in [-0.15, -0.1) is 11.3 Å². The highest BCUT2D eigenvalue weighted by molar-refractivity contribution is 7.18. The number of hydrogen-bond acceptors (Lipinski definition) is 4. The molecule has 1 aliphatic rings. The summed E-state index contributed by atoms with van der Waals surface area (Å²) < 4.78 is 1.23. The van der Waals surface area contributed by atoms with E-state index < -0.39 is 17.3 Å². The summed E-state index contributed by atoms with van der Waals surface area (Å²) >= 11 is 1.75. The summed E-state index contributed by atoms with van der Waals surface area (Å²) in [6.07, 6.45) is 7.95. The molecule has 2 N–H and O–H groups in total. The fourth-order valence-corrected chi connectivity index (χ4v) is 5.40. The minimum atomic E-state index is -0.813. The molecule has 1 heterocycles. The van der Waals surface area contributed by atoms with Gasteiger partial charge in [0, 0.05) is 12.0 Å². The number of aromatic nitrogens is 1. The highest BCUT2D eigenvalue weighted by atomic mass is 32.1. The molecule has 1 unspecified atom stereocenters. The van der Waals surface area contributed by atoms with Gasteiger partial charge in [-0.3, -0.25) is 9.59 Å². The Kier molecular flexibility index (Phi) is 7.28. The lowest BCUT2D eigenvalue weighted by atomic mass is 9.68. The van der Waals surface area contributed by atoms with Crippen LogP contribution in [0.5, 0.6) is 0 Å². The van der Waals surface area contributed by atoms with E-state index in [2.05, 4.69) is 35.4 Å². The number of thiazole rings is 1. The number of amides is 1. The van der Waals surface area contributed by atoms with E-state index in [1.807, 2.05) is 0 Å². The van der Waals surface area contributed by atoms with Gasteiger partial charge in [0.1, 0.15) is 0 Å². The number of carbonyl (C=O) groups excluding carboxylic acids is 1. The Hall–Kier alpha value is -1.95. The number of hydrogen-bond donors (Lipinski definition) is 2. The van der Waals surface area contributed by atoms with Crippen molar-refractivity contribution in [3.05, 3.63) is 28.8 Å². The number of benzene rings is 1. The molecule has 1 amide bonds. The first-order chi connectivity index (χ1) is 13.9. The molecule has 0 saturated heterocycles. The molecular formula is C23H32N2O3S. The Bertz CT molecular complexity index is 855. The fraction of sp³-hybridized carbons (Fsp3) is 0.609. The topological polar surface area (TPSA) is 79.3 Å². The number of nitrogens with one attached hydrogen (secondary N) is 1. The monoisotopic (exact) mass is 416 g/mol. The summed E-state index contributed by atoms with van der Waals surface area (Å²) in [6, 6.07) is 6.43. The molecule has 5 nitrogen and oxygen atoms in total. The third-order valence-corrected chi connectivity index (χ3v) is 7.30. The van der Waals surface area contributed by atoms with E-state index in [0.29, 0.717) is 13.0 Å². The molecule has 0 radical (unpaired) electrons. The van der Waals surface area contributed by atoms with Crippen molar-refractivity contribution in [3.8, 4) is 0 Å². The van der Waals surface area contributed by atoms with Gasteiger partial charge in [0.2, 0.25) is 5.91 Å². The molecule has 0 aliphatic heterocycles. The number of carboxylic acids is 1. The number of fused-ring (bicyclic) bond motifs is 1. The number of aryl methyl sites for hydroxylation is 2. The Labute approximate surface area is 176 Å². The number of carbonyl (C=O) groups is 2. The van der Waals surface area contributed by atoms with Crippen LogP contribution in [-0.4, -0.2) is 28.5 Å². The van der Waals surface area contributed by atoms with Gasteiger partial charge in [0.15, 0.2) is 0 Å². The molecule has 3 rings (SSSR count). The second kappa shape index (κ2) is 9.70. The van der Waals surface area contributed by atoms with E-state index >= 15 is 0 Å². The van der Waals surface area contributed by atoms with Crippen LogP contribution in [0.1, 0.15) is 69.4 Å². The zero-order valence-electron chi connectivity index (χ0n) is 17.5. The second-order valence-corrected chi connectivity index (χ2v) is 9.52. The highest BCUT2D eigenvalue weighted by Crippen LogP contribution is 2.41. The SMILES string of the molecule is CCc1nc2ccc(CCCNC(=O)C3(CC(C)C(=O)O)CCCCC3)cc2s1. The largest absolute Gasteiger partial charge is 0.481 e. The molecule has 2 aromatic rings. The van der Waals surface area contributed by atoms with Gasteiger partial charge in [0.25, 0.3) is 0 Å². The molecule has 1 aliphatic carbocycles. The normalized spacial score (nSPS) is 17.2. The van der Waals surface area contributed by atoms with Crippen molar-refractivity contribution in [1.82, 2.24) is 10.3 Å². The average molecular weight is 417 g/mol. The van der Waals surface area contributed by atoms with Gasteiger partial charge in [-0.25, -0.2) is 4.98 Å². The molecule has 158 valence electrons. The van der Waals surface area contributed by atoms with Gasteiger partial charge in [0.05, 0.1) is 21.1 Å². The predicted octanol–water partition coefficient (Wildman–Crippen LogP) is 4.97. The summed E-state index contributed by atoms with van der Waals surface area (Å²) in [4.78, 5) is 28.9. The molecule has 1 atom stereocenters. The minimum absolute atomic E-state index is 0.0517. The van der Waals surface area contributed by atoms with E-state index in [1.54, 1.807) is 18.3 Å². The standard InChI is InChI=1S/C23H32N2O3S/c1-3-20-25-18-10-9-17(14-19(18)29-20)8-7-13-24-22(28)23(11-5-4-6-12-23)15-16(2)21(26)27/h9-10,14,16H,3-8,11-13,15H2,1-2H3,(H,24,28)(H,26,27). The van der Waals surface area contributed by atoms with Crippen LogP contribution >= 0.6 is 11.3 Å². The Balaban J connectivity index is 1.54. The molecule has 1 saturated carbocycles. The maximum Gasteiger partial charge on any atom is 0.306 e. The smallest absolute Gasteiger partial charge is 0.306 e. The van der Waals surface area contributed by atoms with E-state index in [4.69, 9.17) is 0 Å². The summed E-state index contributed by atoms with van der Waals surface area (Å²) in [7, 11) is 0. The van der Waals surface area contributed by atoms with Gasteiger partial charge >= 0.3 is 5.97 Å². The summed E-state index contributed by atoms with van der Waals surface area (Å²) in [5.74, 6) is -1.25. The van der Waals surface area contributed by atoms with Crippen LogP contribution in [0, 0.1) is 11.3 Å². The Morgan fingerprint density at radius 3 is 2.72 bits per heavy atom. The van der Waals surface area contributed by atoms with Gasteiger partial charge in [-0.2, -0.15) is 0 Å². The lowest BCUT2D eigenvalue weighted by Crippen LogP contribution is -2.44. The van der Waals surface area contributed by atoms with E-state index in [-0.39, 0.29) is 5.91 Å². The Morgan fingerprint density at radius 2 is 2.03 bits per heavy atom. The fourth-order valence-electron chi connectivity index (χ4n) is 4.43. The predicted molar refractivity (Wildman–Crippen MR) is 117 cm³/mol. The number of rotatable bonds is 9. The second-order valence-electron chi connectivity index (χ2n) is 8.41. The zero-order chi connectivity index (χ0) is 20.9. The van der Waals surface area contributed by atoms with Gasteiger partial charge in [-0.1, -0.05) is 39.2 Å². The molecule has 6 heteroatoms. The van der Waals surface area contributed by atoms with Crippen LogP contribution in [0.15, 0.2) is 18.2 Å². The third kappa shape index (κ3) is 5.35. The van der Waals surface area contributed by atoms with Crippen LogP contribution in [0.3, 0.4) is 0 Å².